The van der Waals surface area contributed by atoms with E-state index in [9.17, 15) is 9.59 Å². The number of alkyl carbamates (subject to hydrolysis) is 1. The van der Waals surface area contributed by atoms with Crippen LogP contribution in [0.25, 0.3) is 0 Å². The molecule has 0 saturated carbocycles. The number of ether oxygens (including phenoxy) is 2. The minimum atomic E-state index is -0.584. The summed E-state index contributed by atoms with van der Waals surface area (Å²) in [6.07, 6.45) is 0.324. The third kappa shape index (κ3) is 4.66. The minimum absolute atomic E-state index is 0.0892. The molecule has 2 rings (SSSR count). The average molecular weight is 292 g/mol. The normalized spacial score (nSPS) is 17.3. The van der Waals surface area contributed by atoms with Gasteiger partial charge in [0.15, 0.2) is 0 Å². The summed E-state index contributed by atoms with van der Waals surface area (Å²) in [5.74, 6) is 0.615. The molecule has 1 aliphatic heterocycles. The van der Waals surface area contributed by atoms with Crippen LogP contribution in [-0.4, -0.2) is 37.3 Å². The fourth-order valence-electron chi connectivity index (χ4n) is 1.99. The predicted molar refractivity (Wildman–Crippen MR) is 77.2 cm³/mol. The second kappa shape index (κ2) is 6.97. The zero-order valence-corrected chi connectivity index (χ0v) is 12.2. The number of hydrogen-bond acceptors (Lipinski definition) is 4. The van der Waals surface area contributed by atoms with Crippen LogP contribution in [0.15, 0.2) is 24.3 Å². The van der Waals surface area contributed by atoms with Crippen LogP contribution in [0.1, 0.15) is 19.4 Å². The number of rotatable bonds is 6. The van der Waals surface area contributed by atoms with E-state index in [-0.39, 0.29) is 18.6 Å². The van der Waals surface area contributed by atoms with Crippen LogP contribution in [0, 0.1) is 0 Å². The van der Waals surface area contributed by atoms with Crippen LogP contribution in [0.4, 0.5) is 4.79 Å². The minimum Gasteiger partial charge on any atom is -0.491 e. The summed E-state index contributed by atoms with van der Waals surface area (Å²) in [5, 5.41) is 5.21. The molecule has 2 N–H and O–H groups in total. The fourth-order valence-corrected chi connectivity index (χ4v) is 1.99. The van der Waals surface area contributed by atoms with Crippen molar-refractivity contribution in [2.24, 2.45) is 0 Å². The van der Waals surface area contributed by atoms with Crippen LogP contribution in [0.2, 0.25) is 0 Å². The van der Waals surface area contributed by atoms with Gasteiger partial charge < -0.3 is 20.1 Å². The Morgan fingerprint density at radius 1 is 1.43 bits per heavy atom. The van der Waals surface area contributed by atoms with Crippen molar-refractivity contribution in [2.45, 2.75) is 32.4 Å². The molecule has 114 valence electrons. The molecule has 2 amide bonds. The zero-order chi connectivity index (χ0) is 15.2. The van der Waals surface area contributed by atoms with Crippen LogP contribution in [-0.2, 0) is 16.0 Å². The highest BCUT2D eigenvalue weighted by molar-refractivity contribution is 5.87. The van der Waals surface area contributed by atoms with Gasteiger partial charge in [0.05, 0.1) is 6.10 Å². The first-order chi connectivity index (χ1) is 10.0. The van der Waals surface area contributed by atoms with Gasteiger partial charge in [0.2, 0.25) is 5.91 Å². The molecule has 0 unspecified atom stereocenters. The van der Waals surface area contributed by atoms with Gasteiger partial charge in [-0.1, -0.05) is 12.1 Å². The molecule has 0 aromatic heterocycles. The molecule has 0 aliphatic carbocycles. The van der Waals surface area contributed by atoms with Crippen LogP contribution >= 0.6 is 0 Å². The molecule has 0 bridgehead atoms. The van der Waals surface area contributed by atoms with Crippen LogP contribution in [0.3, 0.4) is 0 Å². The number of carbonyl (C=O) groups is 2. The van der Waals surface area contributed by atoms with Gasteiger partial charge in [-0.25, -0.2) is 4.79 Å². The second-order valence-corrected chi connectivity index (χ2v) is 5.15. The van der Waals surface area contributed by atoms with Crippen molar-refractivity contribution in [3.8, 4) is 5.75 Å². The van der Waals surface area contributed by atoms with E-state index in [1.807, 2.05) is 38.1 Å². The monoisotopic (exact) mass is 292 g/mol. The van der Waals surface area contributed by atoms with E-state index in [0.717, 1.165) is 17.7 Å². The molecule has 1 fully saturated rings. The van der Waals surface area contributed by atoms with Crippen LogP contribution in [0.5, 0.6) is 5.75 Å². The van der Waals surface area contributed by atoms with E-state index in [1.165, 1.54) is 0 Å². The molecule has 6 heteroatoms. The van der Waals surface area contributed by atoms with E-state index in [1.54, 1.807) is 0 Å². The molecule has 1 aromatic rings. The molecule has 1 heterocycles. The summed E-state index contributed by atoms with van der Waals surface area (Å²) in [5.41, 5.74) is 1.11. The molecular weight excluding hydrogens is 272 g/mol. The number of cyclic esters (lactones) is 1. The Morgan fingerprint density at radius 3 is 2.71 bits per heavy atom. The molecule has 0 spiro atoms. The zero-order valence-electron chi connectivity index (χ0n) is 12.2. The van der Waals surface area contributed by atoms with Crippen molar-refractivity contribution < 1.29 is 19.1 Å². The highest BCUT2D eigenvalue weighted by Gasteiger charge is 2.28. The van der Waals surface area contributed by atoms with Gasteiger partial charge >= 0.3 is 6.09 Å². The number of nitrogens with one attached hydrogen (secondary N) is 2. The smallest absolute Gasteiger partial charge is 0.407 e. The Hall–Kier alpha value is -2.24. The summed E-state index contributed by atoms with van der Waals surface area (Å²) in [6, 6.07) is 7.21. The third-order valence-electron chi connectivity index (χ3n) is 3.00. The van der Waals surface area contributed by atoms with Crippen molar-refractivity contribution in [3.05, 3.63) is 29.8 Å². The van der Waals surface area contributed by atoms with Gasteiger partial charge in [-0.15, -0.1) is 0 Å². The van der Waals surface area contributed by atoms with Crippen molar-refractivity contribution in [3.63, 3.8) is 0 Å². The summed E-state index contributed by atoms with van der Waals surface area (Å²) in [7, 11) is 0. The summed E-state index contributed by atoms with van der Waals surface area (Å²) < 4.78 is 10.2. The molecule has 1 aliphatic rings. The molecule has 6 nitrogen and oxygen atoms in total. The Balaban J connectivity index is 1.73. The average Bonchev–Trinajstić information content (AvgIpc) is 2.87. The van der Waals surface area contributed by atoms with Crippen molar-refractivity contribution in [1.82, 2.24) is 10.6 Å². The van der Waals surface area contributed by atoms with Crippen molar-refractivity contribution in [2.75, 3.05) is 13.2 Å². The quantitative estimate of drug-likeness (QED) is 0.827. The van der Waals surface area contributed by atoms with Gasteiger partial charge in [0.25, 0.3) is 0 Å². The molecule has 0 radical (unpaired) electrons. The van der Waals surface area contributed by atoms with Gasteiger partial charge in [0.1, 0.15) is 18.4 Å². The largest absolute Gasteiger partial charge is 0.491 e. The lowest BCUT2D eigenvalue weighted by Crippen LogP contribution is -2.43. The first kappa shape index (κ1) is 15.2. The summed E-state index contributed by atoms with van der Waals surface area (Å²) >= 11 is 0. The Labute approximate surface area is 123 Å². The maximum Gasteiger partial charge on any atom is 0.407 e. The Kier molecular flexibility index (Phi) is 5.03. The van der Waals surface area contributed by atoms with E-state index in [2.05, 4.69) is 15.4 Å². The van der Waals surface area contributed by atoms with Gasteiger partial charge in [0, 0.05) is 6.54 Å². The van der Waals surface area contributed by atoms with Crippen molar-refractivity contribution in [1.29, 1.82) is 0 Å². The predicted octanol–water partition coefficient (Wildman–Crippen LogP) is 1.24. The van der Waals surface area contributed by atoms with E-state index >= 15 is 0 Å². The number of amides is 2. The lowest BCUT2D eigenvalue weighted by molar-refractivity contribution is -0.122. The van der Waals surface area contributed by atoms with E-state index < -0.39 is 12.1 Å². The summed E-state index contributed by atoms with van der Waals surface area (Å²) in [6.45, 7) is 4.56. The molecule has 1 atom stereocenters. The highest BCUT2D eigenvalue weighted by Crippen LogP contribution is 2.13. The highest BCUT2D eigenvalue weighted by atomic mass is 16.6. The van der Waals surface area contributed by atoms with Gasteiger partial charge in [-0.2, -0.15) is 0 Å². The standard InChI is InChI=1S/C15H20N2O4/c1-10(2)21-12-5-3-11(4-6-12)7-8-16-14(18)13-9-20-15(19)17-13/h3-6,10,13H,7-9H2,1-2H3,(H,16,18)(H,17,19)/t13-/m1/s1. The number of carbonyl (C=O) groups excluding carboxylic acids is 2. The first-order valence-corrected chi connectivity index (χ1v) is 7.01. The molecule has 1 aromatic carbocycles. The maximum absolute atomic E-state index is 11.7. The number of hydrogen-bond donors (Lipinski definition) is 2. The Morgan fingerprint density at radius 2 is 2.14 bits per heavy atom. The van der Waals surface area contributed by atoms with E-state index in [0.29, 0.717) is 6.54 Å². The lowest BCUT2D eigenvalue weighted by atomic mass is 10.1. The fraction of sp³-hybridized carbons (Fsp3) is 0.467. The van der Waals surface area contributed by atoms with Gasteiger partial charge in [-0.3, -0.25) is 4.79 Å². The van der Waals surface area contributed by atoms with Gasteiger partial charge in [-0.05, 0) is 38.0 Å². The SMILES string of the molecule is CC(C)Oc1ccc(CCNC(=O)[C@H]2COC(=O)N2)cc1. The van der Waals surface area contributed by atoms with Crippen molar-refractivity contribution >= 4 is 12.0 Å². The maximum atomic E-state index is 11.7. The third-order valence-corrected chi connectivity index (χ3v) is 3.00. The first-order valence-electron chi connectivity index (χ1n) is 7.01. The molecule has 1 saturated heterocycles. The Bertz CT molecular complexity index is 499. The van der Waals surface area contributed by atoms with E-state index in [4.69, 9.17) is 4.74 Å². The summed E-state index contributed by atoms with van der Waals surface area (Å²) in [4.78, 5) is 22.6. The number of benzene rings is 1. The van der Waals surface area contributed by atoms with Crippen LogP contribution < -0.4 is 15.4 Å². The second-order valence-electron chi connectivity index (χ2n) is 5.15. The molecule has 21 heavy (non-hydrogen) atoms. The molecular formula is C15H20N2O4. The topological polar surface area (TPSA) is 76.7 Å². The lowest BCUT2D eigenvalue weighted by Gasteiger charge is -2.11.